The van der Waals surface area contributed by atoms with Crippen LogP contribution in [0.5, 0.6) is 0 Å². The third kappa shape index (κ3) is 2.58. The molecular formula is C11H19NO. The Labute approximate surface area is 80.6 Å². The molecule has 0 aromatic carbocycles. The number of amides is 1. The first kappa shape index (κ1) is 10.3. The van der Waals surface area contributed by atoms with Crippen LogP contribution in [-0.4, -0.2) is 24.4 Å². The van der Waals surface area contributed by atoms with Gasteiger partial charge in [-0.15, -0.1) is 0 Å². The van der Waals surface area contributed by atoms with Crippen molar-refractivity contribution >= 4 is 6.41 Å². The van der Waals surface area contributed by atoms with Gasteiger partial charge in [0.05, 0.1) is 0 Å². The van der Waals surface area contributed by atoms with Crippen molar-refractivity contribution in [3.63, 3.8) is 0 Å². The van der Waals surface area contributed by atoms with Gasteiger partial charge in [-0.1, -0.05) is 25.0 Å². The summed E-state index contributed by atoms with van der Waals surface area (Å²) >= 11 is 0. The summed E-state index contributed by atoms with van der Waals surface area (Å²) in [6, 6.07) is 0. The number of carbonyl (C=O) groups is 1. The maximum atomic E-state index is 10.6. The van der Waals surface area contributed by atoms with E-state index in [1.54, 1.807) is 5.57 Å². The lowest BCUT2D eigenvalue weighted by Crippen LogP contribution is -2.23. The summed E-state index contributed by atoms with van der Waals surface area (Å²) in [6.45, 7) is 8.36. The summed E-state index contributed by atoms with van der Waals surface area (Å²) < 4.78 is 0. The molecule has 2 heteroatoms. The highest BCUT2D eigenvalue weighted by Crippen LogP contribution is 2.23. The standard InChI is InChI=1S/C11H19NO/c1-9(2)11-5-4-6-12(8-13)7-10(11)3/h8-9H,4-7H2,1-3H3. The van der Waals surface area contributed by atoms with Crippen molar-refractivity contribution in [2.24, 2.45) is 5.92 Å². The molecule has 0 atom stereocenters. The van der Waals surface area contributed by atoms with Gasteiger partial charge in [-0.25, -0.2) is 0 Å². The molecule has 1 amide bonds. The Kier molecular flexibility index (Phi) is 3.52. The quantitative estimate of drug-likeness (QED) is 0.472. The van der Waals surface area contributed by atoms with Crippen LogP contribution < -0.4 is 0 Å². The number of nitrogens with zero attached hydrogens (tertiary/aromatic N) is 1. The Balaban J connectivity index is 2.75. The van der Waals surface area contributed by atoms with Crippen molar-refractivity contribution < 1.29 is 4.79 Å². The minimum absolute atomic E-state index is 0.631. The lowest BCUT2D eigenvalue weighted by molar-refractivity contribution is -0.117. The van der Waals surface area contributed by atoms with E-state index in [0.717, 1.165) is 32.3 Å². The summed E-state index contributed by atoms with van der Waals surface area (Å²) in [5.74, 6) is 0.631. The van der Waals surface area contributed by atoms with Gasteiger partial charge in [0.25, 0.3) is 0 Å². The summed E-state index contributed by atoms with van der Waals surface area (Å²) in [6.07, 6.45) is 3.24. The molecule has 0 saturated carbocycles. The average Bonchev–Trinajstić information content (AvgIpc) is 2.26. The topological polar surface area (TPSA) is 20.3 Å². The van der Waals surface area contributed by atoms with E-state index >= 15 is 0 Å². The van der Waals surface area contributed by atoms with Crippen LogP contribution in [0.4, 0.5) is 0 Å². The third-order valence-electron chi connectivity index (χ3n) is 2.73. The minimum atomic E-state index is 0.631. The van der Waals surface area contributed by atoms with Gasteiger partial charge in [0, 0.05) is 13.1 Å². The maximum absolute atomic E-state index is 10.6. The number of rotatable bonds is 2. The molecule has 0 aromatic heterocycles. The van der Waals surface area contributed by atoms with Gasteiger partial charge in [-0.2, -0.15) is 0 Å². The monoisotopic (exact) mass is 181 g/mol. The predicted molar refractivity (Wildman–Crippen MR) is 54.4 cm³/mol. The summed E-state index contributed by atoms with van der Waals surface area (Å²) in [5.41, 5.74) is 2.93. The van der Waals surface area contributed by atoms with Crippen LogP contribution in [0.25, 0.3) is 0 Å². The van der Waals surface area contributed by atoms with E-state index in [0.29, 0.717) is 5.92 Å². The van der Waals surface area contributed by atoms with Crippen LogP contribution in [0.15, 0.2) is 11.1 Å². The van der Waals surface area contributed by atoms with Gasteiger partial charge in [0.1, 0.15) is 0 Å². The van der Waals surface area contributed by atoms with E-state index in [2.05, 4.69) is 20.8 Å². The molecule has 0 N–H and O–H groups in total. The van der Waals surface area contributed by atoms with Crippen LogP contribution in [0.1, 0.15) is 33.6 Å². The van der Waals surface area contributed by atoms with Gasteiger partial charge in [-0.05, 0) is 25.7 Å². The fourth-order valence-corrected chi connectivity index (χ4v) is 2.04. The average molecular weight is 181 g/mol. The second-order valence-electron chi connectivity index (χ2n) is 4.14. The van der Waals surface area contributed by atoms with Crippen LogP contribution in [-0.2, 0) is 4.79 Å². The van der Waals surface area contributed by atoms with Gasteiger partial charge in [-0.3, -0.25) is 4.79 Å². The lowest BCUT2D eigenvalue weighted by atomic mass is 9.95. The van der Waals surface area contributed by atoms with Crippen molar-refractivity contribution in [1.29, 1.82) is 0 Å². The molecule has 0 unspecified atom stereocenters. The highest BCUT2D eigenvalue weighted by Gasteiger charge is 2.14. The SMILES string of the molecule is CC1=C(C(C)C)CCCN(C=O)C1. The van der Waals surface area contributed by atoms with Crippen LogP contribution in [0, 0.1) is 5.92 Å². The highest BCUT2D eigenvalue weighted by atomic mass is 16.1. The Hall–Kier alpha value is -0.790. The molecule has 0 aromatic rings. The zero-order valence-corrected chi connectivity index (χ0v) is 8.84. The minimum Gasteiger partial charge on any atom is -0.341 e. The molecule has 2 nitrogen and oxygen atoms in total. The lowest BCUT2D eigenvalue weighted by Gasteiger charge is -2.15. The van der Waals surface area contributed by atoms with E-state index in [-0.39, 0.29) is 0 Å². The third-order valence-corrected chi connectivity index (χ3v) is 2.73. The summed E-state index contributed by atoms with van der Waals surface area (Å²) in [4.78, 5) is 12.5. The zero-order chi connectivity index (χ0) is 9.84. The normalized spacial score (nSPS) is 19.2. The maximum Gasteiger partial charge on any atom is 0.209 e. The molecule has 0 bridgehead atoms. The molecule has 0 spiro atoms. The van der Waals surface area contributed by atoms with E-state index in [9.17, 15) is 4.79 Å². The molecule has 1 rings (SSSR count). The molecule has 1 aliphatic rings. The molecule has 1 aliphatic heterocycles. The predicted octanol–water partition coefficient (Wildman–Crippen LogP) is 2.21. The van der Waals surface area contributed by atoms with Crippen LogP contribution in [0.3, 0.4) is 0 Å². The zero-order valence-electron chi connectivity index (χ0n) is 8.84. The molecule has 1 heterocycles. The van der Waals surface area contributed by atoms with Gasteiger partial charge in [0.15, 0.2) is 0 Å². The van der Waals surface area contributed by atoms with Crippen molar-refractivity contribution in [3.8, 4) is 0 Å². The van der Waals surface area contributed by atoms with E-state index in [1.165, 1.54) is 5.57 Å². The Morgan fingerprint density at radius 1 is 1.46 bits per heavy atom. The molecule has 0 saturated heterocycles. The highest BCUT2D eigenvalue weighted by molar-refractivity contribution is 5.48. The first-order chi connectivity index (χ1) is 6.15. The number of allylic oxidation sites excluding steroid dienone is 1. The molecule has 0 aliphatic carbocycles. The molecule has 13 heavy (non-hydrogen) atoms. The summed E-state index contributed by atoms with van der Waals surface area (Å²) in [7, 11) is 0. The Morgan fingerprint density at radius 2 is 2.15 bits per heavy atom. The van der Waals surface area contributed by atoms with Crippen molar-refractivity contribution in [2.45, 2.75) is 33.6 Å². The van der Waals surface area contributed by atoms with E-state index < -0.39 is 0 Å². The Bertz CT molecular complexity index is 218. The van der Waals surface area contributed by atoms with Gasteiger partial charge in [0.2, 0.25) is 6.41 Å². The molecule has 0 radical (unpaired) electrons. The summed E-state index contributed by atoms with van der Waals surface area (Å²) in [5, 5.41) is 0. The first-order valence-electron chi connectivity index (χ1n) is 5.03. The van der Waals surface area contributed by atoms with E-state index in [1.807, 2.05) is 4.90 Å². The fraction of sp³-hybridized carbons (Fsp3) is 0.727. The smallest absolute Gasteiger partial charge is 0.209 e. The van der Waals surface area contributed by atoms with Crippen molar-refractivity contribution in [3.05, 3.63) is 11.1 Å². The first-order valence-corrected chi connectivity index (χ1v) is 5.03. The van der Waals surface area contributed by atoms with Gasteiger partial charge < -0.3 is 4.90 Å². The van der Waals surface area contributed by atoms with Crippen LogP contribution >= 0.6 is 0 Å². The second-order valence-corrected chi connectivity index (χ2v) is 4.14. The van der Waals surface area contributed by atoms with Gasteiger partial charge >= 0.3 is 0 Å². The number of hydrogen-bond acceptors (Lipinski definition) is 1. The second kappa shape index (κ2) is 4.45. The van der Waals surface area contributed by atoms with Crippen molar-refractivity contribution in [2.75, 3.05) is 13.1 Å². The largest absolute Gasteiger partial charge is 0.341 e. The Morgan fingerprint density at radius 3 is 2.69 bits per heavy atom. The fourth-order valence-electron chi connectivity index (χ4n) is 2.04. The van der Waals surface area contributed by atoms with Crippen LogP contribution in [0.2, 0.25) is 0 Å². The molecule has 0 fully saturated rings. The van der Waals surface area contributed by atoms with Crippen molar-refractivity contribution in [1.82, 2.24) is 4.90 Å². The molecule has 74 valence electrons. The molecular weight excluding hydrogens is 162 g/mol. The number of hydrogen-bond donors (Lipinski definition) is 0. The number of carbonyl (C=O) groups excluding carboxylic acids is 1. The van der Waals surface area contributed by atoms with E-state index in [4.69, 9.17) is 0 Å².